The molecule has 0 aromatic carbocycles. The van der Waals surface area contributed by atoms with Gasteiger partial charge in [-0.1, -0.05) is 18.7 Å². The lowest BCUT2D eigenvalue weighted by Crippen LogP contribution is -2.05. The van der Waals surface area contributed by atoms with Gasteiger partial charge in [0.25, 0.3) is 0 Å². The molecule has 0 fully saturated rings. The summed E-state index contributed by atoms with van der Waals surface area (Å²) in [6, 6.07) is 7.57. The largest absolute Gasteiger partial charge is 0.302 e. The summed E-state index contributed by atoms with van der Waals surface area (Å²) in [5, 5.41) is 9.36. The van der Waals surface area contributed by atoms with Crippen molar-refractivity contribution in [2.45, 2.75) is 25.0 Å². The van der Waals surface area contributed by atoms with Gasteiger partial charge in [-0.2, -0.15) is 0 Å². The Balaban J connectivity index is 1.78. The monoisotopic (exact) mass is 422 g/mol. The highest BCUT2D eigenvalue weighted by atomic mass is 79.9. The van der Waals surface area contributed by atoms with E-state index in [-0.39, 0.29) is 5.78 Å². The smallest absolute Gasteiger partial charge is 0.191 e. The average Bonchev–Trinajstić information content (AvgIpc) is 3.20. The van der Waals surface area contributed by atoms with Crippen molar-refractivity contribution in [3.05, 3.63) is 45.3 Å². The first-order chi connectivity index (χ1) is 11.7. The Morgan fingerprint density at radius 2 is 2.04 bits per heavy atom. The van der Waals surface area contributed by atoms with Gasteiger partial charge in [0.2, 0.25) is 0 Å². The van der Waals surface area contributed by atoms with Gasteiger partial charge >= 0.3 is 0 Å². The third kappa shape index (κ3) is 3.93. The molecule has 3 aromatic heterocycles. The van der Waals surface area contributed by atoms with Crippen molar-refractivity contribution in [2.75, 3.05) is 5.75 Å². The van der Waals surface area contributed by atoms with Gasteiger partial charge in [-0.3, -0.25) is 9.78 Å². The molecule has 3 aromatic rings. The second-order valence-corrected chi connectivity index (χ2v) is 8.41. The lowest BCUT2D eigenvalue weighted by molar-refractivity contribution is 0.102. The van der Waals surface area contributed by atoms with Gasteiger partial charge < -0.3 is 4.57 Å². The SMILES string of the molecule is CCCn1c(SCC(=O)c2ccc(Br)s2)nnc1-c1ccncc1. The van der Waals surface area contributed by atoms with Gasteiger partial charge in [-0.15, -0.1) is 21.5 Å². The molecule has 0 amide bonds. The normalized spacial score (nSPS) is 10.9. The van der Waals surface area contributed by atoms with Crippen molar-refractivity contribution in [1.82, 2.24) is 19.7 Å². The van der Waals surface area contributed by atoms with Gasteiger partial charge in [-0.25, -0.2) is 0 Å². The topological polar surface area (TPSA) is 60.7 Å². The van der Waals surface area contributed by atoms with Crippen molar-refractivity contribution in [1.29, 1.82) is 0 Å². The van der Waals surface area contributed by atoms with E-state index in [2.05, 4.69) is 42.6 Å². The summed E-state index contributed by atoms with van der Waals surface area (Å²) in [7, 11) is 0. The quantitative estimate of drug-likeness (QED) is 0.412. The molecule has 0 atom stereocenters. The molecular formula is C16H15BrN4OS2. The van der Waals surface area contributed by atoms with Crippen LogP contribution in [0, 0.1) is 0 Å². The van der Waals surface area contributed by atoms with E-state index in [4.69, 9.17) is 0 Å². The second kappa shape index (κ2) is 8.04. The number of nitrogens with zero attached hydrogens (tertiary/aromatic N) is 4. The Labute approximate surface area is 156 Å². The number of pyridine rings is 1. The van der Waals surface area contributed by atoms with E-state index < -0.39 is 0 Å². The molecule has 0 saturated carbocycles. The zero-order valence-corrected chi connectivity index (χ0v) is 16.2. The fourth-order valence-electron chi connectivity index (χ4n) is 2.20. The summed E-state index contributed by atoms with van der Waals surface area (Å²) >= 11 is 6.27. The first kappa shape index (κ1) is 17.3. The van der Waals surface area contributed by atoms with Gasteiger partial charge in [0.15, 0.2) is 16.8 Å². The first-order valence-electron chi connectivity index (χ1n) is 7.44. The zero-order chi connectivity index (χ0) is 16.9. The molecule has 0 saturated heterocycles. The lowest BCUT2D eigenvalue weighted by Gasteiger charge is -2.08. The summed E-state index contributed by atoms with van der Waals surface area (Å²) in [6.45, 7) is 2.92. The predicted molar refractivity (Wildman–Crippen MR) is 101 cm³/mol. The van der Waals surface area contributed by atoms with Crippen molar-refractivity contribution in [2.24, 2.45) is 0 Å². The van der Waals surface area contributed by atoms with E-state index in [9.17, 15) is 4.79 Å². The molecule has 0 aliphatic carbocycles. The van der Waals surface area contributed by atoms with E-state index in [1.807, 2.05) is 24.3 Å². The molecule has 3 heterocycles. The minimum atomic E-state index is 0.104. The van der Waals surface area contributed by atoms with Crippen LogP contribution < -0.4 is 0 Å². The Hall–Kier alpha value is -1.51. The fourth-order valence-corrected chi connectivity index (χ4v) is 4.46. The molecular weight excluding hydrogens is 408 g/mol. The third-order valence-corrected chi connectivity index (χ3v) is 5.91. The molecule has 0 radical (unpaired) electrons. The number of carbonyl (C=O) groups excluding carboxylic acids is 1. The number of carbonyl (C=O) groups is 1. The van der Waals surface area contributed by atoms with Crippen LogP contribution in [0.1, 0.15) is 23.0 Å². The maximum absolute atomic E-state index is 12.3. The lowest BCUT2D eigenvalue weighted by atomic mass is 10.2. The third-order valence-electron chi connectivity index (χ3n) is 3.28. The van der Waals surface area contributed by atoms with E-state index in [1.165, 1.54) is 23.1 Å². The molecule has 0 unspecified atom stereocenters. The Bertz CT molecular complexity index is 832. The van der Waals surface area contributed by atoms with Crippen molar-refractivity contribution in [3.63, 3.8) is 0 Å². The highest BCUT2D eigenvalue weighted by Crippen LogP contribution is 2.27. The van der Waals surface area contributed by atoms with Crippen LogP contribution in [-0.2, 0) is 6.54 Å². The number of aromatic nitrogens is 4. The number of ketones is 1. The number of thioether (sulfide) groups is 1. The standard InChI is InChI=1S/C16H15BrN4OS2/c1-2-9-21-15(11-5-7-18-8-6-11)19-20-16(21)23-10-12(22)13-3-4-14(17)24-13/h3-8H,2,9-10H2,1H3. The van der Waals surface area contributed by atoms with Gasteiger partial charge in [0, 0.05) is 24.5 Å². The minimum absolute atomic E-state index is 0.104. The summed E-state index contributed by atoms with van der Waals surface area (Å²) < 4.78 is 3.03. The fraction of sp³-hybridized carbons (Fsp3) is 0.250. The van der Waals surface area contributed by atoms with Gasteiger partial charge in [0.05, 0.1) is 14.4 Å². The molecule has 0 spiro atoms. The summed E-state index contributed by atoms with van der Waals surface area (Å²) in [5.74, 6) is 1.27. The Morgan fingerprint density at radius 3 is 2.71 bits per heavy atom. The minimum Gasteiger partial charge on any atom is -0.302 e. The predicted octanol–water partition coefficient (Wildman–Crippen LogP) is 4.55. The first-order valence-corrected chi connectivity index (χ1v) is 10.0. The van der Waals surface area contributed by atoms with Crippen molar-refractivity contribution >= 4 is 44.8 Å². The summed E-state index contributed by atoms with van der Waals surface area (Å²) in [6.07, 6.45) is 4.45. The Morgan fingerprint density at radius 1 is 1.25 bits per heavy atom. The number of hydrogen-bond donors (Lipinski definition) is 0. The molecule has 0 aliphatic heterocycles. The maximum Gasteiger partial charge on any atom is 0.191 e. The number of hydrogen-bond acceptors (Lipinski definition) is 6. The molecule has 5 nitrogen and oxygen atoms in total. The highest BCUT2D eigenvalue weighted by molar-refractivity contribution is 9.11. The van der Waals surface area contributed by atoms with Crippen LogP contribution in [0.25, 0.3) is 11.4 Å². The van der Waals surface area contributed by atoms with Crippen LogP contribution in [-0.4, -0.2) is 31.3 Å². The number of halogens is 1. The number of Topliss-reactive ketones (excluding diaryl/α,β-unsaturated/α-hetero) is 1. The van der Waals surface area contributed by atoms with Crippen LogP contribution in [0.2, 0.25) is 0 Å². The van der Waals surface area contributed by atoms with Crippen molar-refractivity contribution in [3.8, 4) is 11.4 Å². The van der Waals surface area contributed by atoms with Crippen molar-refractivity contribution < 1.29 is 4.79 Å². The molecule has 0 bridgehead atoms. The van der Waals surface area contributed by atoms with Crippen LogP contribution in [0.4, 0.5) is 0 Å². The molecule has 24 heavy (non-hydrogen) atoms. The van der Waals surface area contributed by atoms with Gasteiger partial charge in [-0.05, 0) is 46.6 Å². The summed E-state index contributed by atoms with van der Waals surface area (Å²) in [5.41, 5.74) is 0.978. The molecule has 0 N–H and O–H groups in total. The molecule has 0 aliphatic rings. The van der Waals surface area contributed by atoms with Crippen LogP contribution in [0.15, 0.2) is 45.6 Å². The number of thiophene rings is 1. The molecule has 124 valence electrons. The van der Waals surface area contributed by atoms with E-state index in [1.54, 1.807) is 12.4 Å². The summed E-state index contributed by atoms with van der Waals surface area (Å²) in [4.78, 5) is 17.1. The Kier molecular flexibility index (Phi) is 5.80. The highest BCUT2D eigenvalue weighted by Gasteiger charge is 2.16. The maximum atomic E-state index is 12.3. The van der Waals surface area contributed by atoms with Crippen LogP contribution in [0.5, 0.6) is 0 Å². The van der Waals surface area contributed by atoms with Crippen LogP contribution >= 0.6 is 39.0 Å². The van der Waals surface area contributed by atoms with Crippen LogP contribution in [0.3, 0.4) is 0 Å². The molecule has 3 rings (SSSR count). The zero-order valence-electron chi connectivity index (χ0n) is 13.0. The average molecular weight is 423 g/mol. The number of rotatable bonds is 7. The van der Waals surface area contributed by atoms with E-state index >= 15 is 0 Å². The van der Waals surface area contributed by atoms with Gasteiger partial charge in [0.1, 0.15) is 0 Å². The van der Waals surface area contributed by atoms with E-state index in [0.717, 1.165) is 38.2 Å². The second-order valence-electron chi connectivity index (χ2n) is 5.01. The molecule has 8 heteroatoms. The van der Waals surface area contributed by atoms with E-state index in [0.29, 0.717) is 5.75 Å².